The van der Waals surface area contributed by atoms with E-state index in [1.165, 1.54) is 12.6 Å². The van der Waals surface area contributed by atoms with Crippen LogP contribution in [-0.4, -0.2) is 19.6 Å². The van der Waals surface area contributed by atoms with Crippen molar-refractivity contribution in [1.29, 1.82) is 0 Å². The molecular weight excluding hydrogens is 166 g/mol. The van der Waals surface area contributed by atoms with Crippen molar-refractivity contribution in [2.24, 2.45) is 5.73 Å². The van der Waals surface area contributed by atoms with Crippen LogP contribution in [0.5, 0.6) is 0 Å². The van der Waals surface area contributed by atoms with Crippen LogP contribution in [0.15, 0.2) is 30.3 Å². The third-order valence-electron chi connectivity index (χ3n) is 0.996. The fourth-order valence-corrected chi connectivity index (χ4v) is 0.534. The van der Waals surface area contributed by atoms with E-state index in [1.54, 1.807) is 0 Å². The monoisotopic (exact) mass is 181 g/mol. The van der Waals surface area contributed by atoms with Crippen molar-refractivity contribution in [3.8, 4) is 0 Å². The first-order chi connectivity index (χ1) is 6.31. The molecule has 0 amide bonds. The van der Waals surface area contributed by atoms with E-state index in [4.69, 9.17) is 9.59 Å². The van der Waals surface area contributed by atoms with Gasteiger partial charge in [0.05, 0.1) is 0 Å². The van der Waals surface area contributed by atoms with Crippen molar-refractivity contribution in [2.45, 2.75) is 6.92 Å². The molecule has 1 aromatic rings. The van der Waals surface area contributed by atoms with Crippen molar-refractivity contribution >= 4 is 12.6 Å². The van der Waals surface area contributed by atoms with E-state index in [-0.39, 0.29) is 12.6 Å². The molecule has 72 valence electrons. The molecule has 0 radical (unpaired) electrons. The van der Waals surface area contributed by atoms with Crippen LogP contribution in [0, 0.1) is 6.92 Å². The van der Waals surface area contributed by atoms with Gasteiger partial charge >= 0.3 is 0 Å². The molecule has 0 atom stereocenters. The molecule has 0 heterocycles. The van der Waals surface area contributed by atoms with Gasteiger partial charge in [-0.3, -0.25) is 9.59 Å². The van der Waals surface area contributed by atoms with Crippen LogP contribution in [0.25, 0.3) is 0 Å². The minimum absolute atomic E-state index is 0.194. The van der Waals surface area contributed by atoms with Gasteiger partial charge in [-0.2, -0.15) is 0 Å². The summed E-state index contributed by atoms with van der Waals surface area (Å²) in [5.74, 6) is 0. The number of hydrogen-bond acceptors (Lipinski definition) is 3. The number of carbonyl (C=O) groups excluding carboxylic acids is 2. The summed E-state index contributed by atoms with van der Waals surface area (Å²) < 4.78 is 0. The van der Waals surface area contributed by atoms with Gasteiger partial charge in [0.25, 0.3) is 0 Å². The number of rotatable bonds is 1. The molecule has 0 aliphatic carbocycles. The molecule has 0 aromatic heterocycles. The predicted molar refractivity (Wildman–Crippen MR) is 53.4 cm³/mol. The predicted octanol–water partition coefficient (Wildman–Crippen LogP) is 0.954. The molecule has 2 N–H and O–H groups in total. The van der Waals surface area contributed by atoms with Crippen molar-refractivity contribution < 1.29 is 9.59 Å². The Hall–Kier alpha value is -1.48. The first-order valence-electron chi connectivity index (χ1n) is 3.79. The van der Waals surface area contributed by atoms with Crippen LogP contribution in [0.3, 0.4) is 0 Å². The third kappa shape index (κ3) is 13.5. The van der Waals surface area contributed by atoms with Crippen LogP contribution in [0.4, 0.5) is 0 Å². The molecule has 0 aliphatic heterocycles. The van der Waals surface area contributed by atoms with Crippen LogP contribution >= 0.6 is 0 Å². The lowest BCUT2D eigenvalue weighted by molar-refractivity contribution is -0.122. The molecule has 0 spiro atoms. The highest BCUT2D eigenvalue weighted by atomic mass is 16.2. The maximum absolute atomic E-state index is 8.81. The summed E-state index contributed by atoms with van der Waals surface area (Å²) in [6.07, 6.45) is 0.389. The summed E-state index contributed by atoms with van der Waals surface area (Å²) in [5, 5.41) is 0. The number of hydrogen-bond donors (Lipinski definition) is 1. The zero-order valence-corrected chi connectivity index (χ0v) is 7.94. The number of carbonyl (C=O) groups is 2. The Bertz CT molecular complexity index is 203. The fraction of sp³-hybridized carbons (Fsp3) is 0.200. The maximum Gasteiger partial charge on any atom is 0.182 e. The number of aldehydes is 2. The molecular formula is C10H15NO2. The summed E-state index contributed by atoms with van der Waals surface area (Å²) in [7, 11) is 1.50. The topological polar surface area (TPSA) is 60.2 Å². The van der Waals surface area contributed by atoms with Gasteiger partial charge in [-0.15, -0.1) is 0 Å². The summed E-state index contributed by atoms with van der Waals surface area (Å²) in [5.41, 5.74) is 5.82. The Labute approximate surface area is 78.6 Å². The van der Waals surface area contributed by atoms with E-state index in [0.717, 1.165) is 0 Å². The number of benzene rings is 1. The zero-order valence-electron chi connectivity index (χ0n) is 7.94. The Morgan fingerprint density at radius 2 is 1.38 bits per heavy atom. The summed E-state index contributed by atoms with van der Waals surface area (Å²) in [6, 6.07) is 10.3. The van der Waals surface area contributed by atoms with E-state index in [2.05, 4.69) is 24.8 Å². The Kier molecular flexibility index (Phi) is 14.2. The van der Waals surface area contributed by atoms with Crippen LogP contribution in [0.1, 0.15) is 5.56 Å². The molecule has 3 heteroatoms. The highest BCUT2D eigenvalue weighted by Gasteiger charge is 1.72. The Morgan fingerprint density at radius 1 is 1.00 bits per heavy atom. The average Bonchev–Trinajstić information content (AvgIpc) is 2.22. The van der Waals surface area contributed by atoms with Gasteiger partial charge in [0.15, 0.2) is 12.6 Å². The molecule has 1 aromatic carbocycles. The van der Waals surface area contributed by atoms with E-state index in [0.29, 0.717) is 0 Å². The minimum Gasteiger partial charge on any atom is -0.333 e. The van der Waals surface area contributed by atoms with E-state index in [9.17, 15) is 0 Å². The first kappa shape index (κ1) is 14.1. The smallest absolute Gasteiger partial charge is 0.182 e. The Morgan fingerprint density at radius 3 is 1.54 bits per heavy atom. The van der Waals surface area contributed by atoms with E-state index < -0.39 is 0 Å². The van der Waals surface area contributed by atoms with Gasteiger partial charge in [-0.1, -0.05) is 35.9 Å². The number of nitrogens with two attached hydrogens (primary N) is 1. The average molecular weight is 181 g/mol. The normalized spacial score (nSPS) is 6.69. The summed E-state index contributed by atoms with van der Waals surface area (Å²) >= 11 is 0. The molecule has 0 fully saturated rings. The first-order valence-corrected chi connectivity index (χ1v) is 3.79. The van der Waals surface area contributed by atoms with Gasteiger partial charge in [0.2, 0.25) is 0 Å². The molecule has 1 rings (SSSR count). The quantitative estimate of drug-likeness (QED) is 0.518. The van der Waals surface area contributed by atoms with Crippen molar-refractivity contribution in [1.82, 2.24) is 0 Å². The standard InChI is InChI=1S/C7H8.C2H2O2.CH5N/c1-7-5-3-2-4-6-7;3-1-2-4;1-2/h2-6H,1H3;1-2H;2H2,1H3. The van der Waals surface area contributed by atoms with Crippen LogP contribution in [0.2, 0.25) is 0 Å². The van der Waals surface area contributed by atoms with Gasteiger partial charge < -0.3 is 5.73 Å². The lowest BCUT2D eigenvalue weighted by Crippen LogP contribution is -1.69. The molecule has 13 heavy (non-hydrogen) atoms. The number of aryl methyl sites for hydroxylation is 1. The largest absolute Gasteiger partial charge is 0.333 e. The van der Waals surface area contributed by atoms with E-state index in [1.807, 2.05) is 18.2 Å². The summed E-state index contributed by atoms with van der Waals surface area (Å²) in [6.45, 7) is 2.08. The highest BCUT2D eigenvalue weighted by Crippen LogP contribution is 1.92. The highest BCUT2D eigenvalue weighted by molar-refractivity contribution is 6.09. The Balaban J connectivity index is 0. The van der Waals surface area contributed by atoms with Gasteiger partial charge in [0.1, 0.15) is 0 Å². The molecule has 0 saturated heterocycles. The lowest BCUT2D eigenvalue weighted by atomic mass is 10.2. The fourth-order valence-electron chi connectivity index (χ4n) is 0.534. The lowest BCUT2D eigenvalue weighted by Gasteiger charge is -1.82. The van der Waals surface area contributed by atoms with Gasteiger partial charge in [0, 0.05) is 0 Å². The molecule has 0 unspecified atom stereocenters. The van der Waals surface area contributed by atoms with E-state index >= 15 is 0 Å². The summed E-state index contributed by atoms with van der Waals surface area (Å²) in [4.78, 5) is 17.6. The maximum atomic E-state index is 8.81. The van der Waals surface area contributed by atoms with Crippen molar-refractivity contribution in [2.75, 3.05) is 7.05 Å². The zero-order chi connectivity index (χ0) is 10.5. The molecule has 0 saturated carbocycles. The minimum atomic E-state index is 0.194. The third-order valence-corrected chi connectivity index (χ3v) is 0.996. The van der Waals surface area contributed by atoms with Crippen molar-refractivity contribution in [3.05, 3.63) is 35.9 Å². The molecule has 3 nitrogen and oxygen atoms in total. The second-order valence-electron chi connectivity index (χ2n) is 1.93. The second-order valence-corrected chi connectivity index (χ2v) is 1.93. The van der Waals surface area contributed by atoms with Gasteiger partial charge in [-0.25, -0.2) is 0 Å². The van der Waals surface area contributed by atoms with Crippen LogP contribution < -0.4 is 5.73 Å². The van der Waals surface area contributed by atoms with Crippen LogP contribution in [-0.2, 0) is 9.59 Å². The van der Waals surface area contributed by atoms with Gasteiger partial charge in [-0.05, 0) is 14.0 Å². The second kappa shape index (κ2) is 13.1. The molecule has 0 bridgehead atoms. The van der Waals surface area contributed by atoms with Crippen molar-refractivity contribution in [3.63, 3.8) is 0 Å². The SMILES string of the molecule is CN.Cc1ccccc1.O=CC=O. The molecule has 0 aliphatic rings.